The maximum atomic E-state index is 11.9. The van der Waals surface area contributed by atoms with Gasteiger partial charge in [0.1, 0.15) is 0 Å². The fraction of sp³-hybridized carbons (Fsp3) is 0.600. The number of aromatic nitrogens is 1. The summed E-state index contributed by atoms with van der Waals surface area (Å²) in [5, 5.41) is 2.60. The number of carbonyl (C=O) groups excluding carboxylic acids is 1. The van der Waals surface area contributed by atoms with Crippen molar-refractivity contribution < 1.29 is 9.53 Å². The van der Waals surface area contributed by atoms with E-state index in [1.54, 1.807) is 14.2 Å². The van der Waals surface area contributed by atoms with Crippen LogP contribution in [0.5, 0.6) is 5.75 Å². The molecule has 1 N–H and O–H groups in total. The Bertz CT molecular complexity index is 474. The van der Waals surface area contributed by atoms with Gasteiger partial charge in [0, 0.05) is 12.5 Å². The van der Waals surface area contributed by atoms with E-state index in [1.165, 1.54) is 0 Å². The molecule has 1 rings (SSSR count). The second kappa shape index (κ2) is 5.59. The molecule has 0 atom stereocenters. The molecule has 1 amide bonds. The van der Waals surface area contributed by atoms with Gasteiger partial charge in [0.05, 0.1) is 12.8 Å². The van der Waals surface area contributed by atoms with E-state index in [9.17, 15) is 4.79 Å². The Balaban J connectivity index is 3.57. The zero-order chi connectivity index (χ0) is 14.8. The van der Waals surface area contributed by atoms with Gasteiger partial charge in [-0.3, -0.25) is 4.79 Å². The molecule has 0 unspecified atom stereocenters. The van der Waals surface area contributed by atoms with Crippen molar-refractivity contribution in [3.05, 3.63) is 23.0 Å². The SMILES string of the molecule is CNC(=O)c1nc(C(C)(C)C)c(C(C)C)cc1OC. The molecular weight excluding hydrogens is 240 g/mol. The van der Waals surface area contributed by atoms with Gasteiger partial charge in [0.25, 0.3) is 5.91 Å². The summed E-state index contributed by atoms with van der Waals surface area (Å²) in [7, 11) is 3.15. The number of amides is 1. The van der Waals surface area contributed by atoms with Gasteiger partial charge in [-0.1, -0.05) is 34.6 Å². The molecule has 1 aromatic rings. The van der Waals surface area contributed by atoms with Crippen LogP contribution in [0.4, 0.5) is 0 Å². The van der Waals surface area contributed by atoms with Gasteiger partial charge in [-0.2, -0.15) is 0 Å². The summed E-state index contributed by atoms with van der Waals surface area (Å²) in [6.07, 6.45) is 0. The molecular formula is C15H24N2O2. The molecule has 106 valence electrons. The normalized spacial score (nSPS) is 11.6. The standard InChI is InChI=1S/C15H24N2O2/c1-9(2)10-8-11(19-7)12(14(18)16-6)17-13(10)15(3,4)5/h8-9H,1-7H3,(H,16,18). The predicted octanol–water partition coefficient (Wildman–Crippen LogP) is 2.87. The van der Waals surface area contributed by atoms with Gasteiger partial charge in [-0.25, -0.2) is 4.98 Å². The largest absolute Gasteiger partial charge is 0.494 e. The molecule has 19 heavy (non-hydrogen) atoms. The molecule has 4 heteroatoms. The van der Waals surface area contributed by atoms with Crippen molar-refractivity contribution in [3.8, 4) is 5.75 Å². The predicted molar refractivity (Wildman–Crippen MR) is 77.0 cm³/mol. The van der Waals surface area contributed by atoms with Gasteiger partial charge in [-0.05, 0) is 17.5 Å². The van der Waals surface area contributed by atoms with Crippen molar-refractivity contribution in [3.63, 3.8) is 0 Å². The van der Waals surface area contributed by atoms with Crippen molar-refractivity contribution in [1.29, 1.82) is 0 Å². The van der Waals surface area contributed by atoms with Crippen molar-refractivity contribution in [2.24, 2.45) is 0 Å². The summed E-state index contributed by atoms with van der Waals surface area (Å²) in [6.45, 7) is 10.5. The van der Waals surface area contributed by atoms with Crippen LogP contribution >= 0.6 is 0 Å². The number of nitrogens with zero attached hydrogens (tertiary/aromatic N) is 1. The zero-order valence-electron chi connectivity index (χ0n) is 12.9. The second-order valence-corrected chi connectivity index (χ2v) is 5.96. The summed E-state index contributed by atoms with van der Waals surface area (Å²) >= 11 is 0. The van der Waals surface area contributed by atoms with Crippen LogP contribution in [0.2, 0.25) is 0 Å². The average molecular weight is 264 g/mol. The molecule has 0 fully saturated rings. The van der Waals surface area contributed by atoms with Gasteiger partial charge >= 0.3 is 0 Å². The van der Waals surface area contributed by atoms with E-state index in [-0.39, 0.29) is 11.3 Å². The fourth-order valence-corrected chi connectivity index (χ4v) is 1.99. The molecule has 0 spiro atoms. The van der Waals surface area contributed by atoms with Crippen LogP contribution in [0.1, 0.15) is 62.3 Å². The monoisotopic (exact) mass is 264 g/mol. The Hall–Kier alpha value is -1.58. The number of nitrogens with one attached hydrogen (secondary N) is 1. The highest BCUT2D eigenvalue weighted by Gasteiger charge is 2.25. The Kier molecular flexibility index (Phi) is 4.56. The zero-order valence-corrected chi connectivity index (χ0v) is 12.9. The van der Waals surface area contributed by atoms with Crippen LogP contribution in [0.25, 0.3) is 0 Å². The fourth-order valence-electron chi connectivity index (χ4n) is 1.99. The number of ether oxygens (including phenoxy) is 1. The highest BCUT2D eigenvalue weighted by atomic mass is 16.5. The third-order valence-electron chi connectivity index (χ3n) is 3.01. The van der Waals surface area contributed by atoms with Crippen molar-refractivity contribution >= 4 is 5.91 Å². The lowest BCUT2D eigenvalue weighted by atomic mass is 9.84. The van der Waals surface area contributed by atoms with Gasteiger partial charge in [-0.15, -0.1) is 0 Å². The molecule has 1 aromatic heterocycles. The second-order valence-electron chi connectivity index (χ2n) is 5.96. The lowest BCUT2D eigenvalue weighted by Gasteiger charge is -2.25. The Morgan fingerprint density at radius 1 is 1.37 bits per heavy atom. The van der Waals surface area contributed by atoms with Crippen molar-refractivity contribution in [1.82, 2.24) is 10.3 Å². The van der Waals surface area contributed by atoms with E-state index in [4.69, 9.17) is 4.74 Å². The molecule has 4 nitrogen and oxygen atoms in total. The van der Waals surface area contributed by atoms with Crippen LogP contribution in [-0.2, 0) is 5.41 Å². The summed E-state index contributed by atoms with van der Waals surface area (Å²) < 4.78 is 5.30. The molecule has 1 heterocycles. The first-order valence-corrected chi connectivity index (χ1v) is 6.53. The van der Waals surface area contributed by atoms with Gasteiger partial charge in [0.15, 0.2) is 11.4 Å². The third kappa shape index (κ3) is 3.25. The first-order chi connectivity index (χ1) is 8.72. The van der Waals surface area contributed by atoms with Crippen LogP contribution in [0, 0.1) is 0 Å². The van der Waals surface area contributed by atoms with Gasteiger partial charge in [0.2, 0.25) is 0 Å². The van der Waals surface area contributed by atoms with Crippen molar-refractivity contribution in [2.45, 2.75) is 46.0 Å². The highest BCUT2D eigenvalue weighted by Crippen LogP contribution is 2.33. The molecule has 0 aliphatic heterocycles. The van der Waals surface area contributed by atoms with E-state index >= 15 is 0 Å². The van der Waals surface area contributed by atoms with E-state index in [1.807, 2.05) is 6.07 Å². The van der Waals surface area contributed by atoms with Crippen LogP contribution < -0.4 is 10.1 Å². The number of methoxy groups -OCH3 is 1. The van der Waals surface area contributed by atoms with Crippen molar-refractivity contribution in [2.75, 3.05) is 14.2 Å². The summed E-state index contributed by atoms with van der Waals surface area (Å²) in [6, 6.07) is 1.93. The lowest BCUT2D eigenvalue weighted by molar-refractivity contribution is 0.0954. The first kappa shape index (κ1) is 15.5. The highest BCUT2D eigenvalue weighted by molar-refractivity contribution is 5.95. The Morgan fingerprint density at radius 3 is 2.32 bits per heavy atom. The molecule has 0 aromatic carbocycles. The van der Waals surface area contributed by atoms with E-state index in [0.29, 0.717) is 17.4 Å². The molecule has 0 aliphatic carbocycles. The first-order valence-electron chi connectivity index (χ1n) is 6.53. The molecule has 0 aliphatic rings. The Labute approximate surface area is 115 Å². The number of carbonyl (C=O) groups is 1. The third-order valence-corrected chi connectivity index (χ3v) is 3.01. The number of hydrogen-bond donors (Lipinski definition) is 1. The van der Waals surface area contributed by atoms with Crippen LogP contribution in [0.15, 0.2) is 6.07 Å². The van der Waals surface area contributed by atoms with Crippen LogP contribution in [0.3, 0.4) is 0 Å². The average Bonchev–Trinajstić information content (AvgIpc) is 2.34. The van der Waals surface area contributed by atoms with E-state index < -0.39 is 0 Å². The summed E-state index contributed by atoms with van der Waals surface area (Å²) in [4.78, 5) is 16.5. The minimum atomic E-state index is -0.224. The van der Waals surface area contributed by atoms with E-state index in [2.05, 4.69) is 44.9 Å². The number of hydrogen-bond acceptors (Lipinski definition) is 3. The maximum Gasteiger partial charge on any atom is 0.273 e. The summed E-state index contributed by atoms with van der Waals surface area (Å²) in [5.74, 6) is 0.628. The molecule has 0 bridgehead atoms. The quantitative estimate of drug-likeness (QED) is 0.913. The number of rotatable bonds is 3. The minimum Gasteiger partial charge on any atom is -0.494 e. The van der Waals surface area contributed by atoms with E-state index in [0.717, 1.165) is 11.3 Å². The molecule has 0 radical (unpaired) electrons. The maximum absolute atomic E-state index is 11.9. The van der Waals surface area contributed by atoms with Crippen LogP contribution in [-0.4, -0.2) is 25.0 Å². The smallest absolute Gasteiger partial charge is 0.273 e. The summed E-state index contributed by atoms with van der Waals surface area (Å²) in [5.41, 5.74) is 2.30. The lowest BCUT2D eigenvalue weighted by Crippen LogP contribution is -2.25. The topological polar surface area (TPSA) is 51.2 Å². The number of pyridine rings is 1. The van der Waals surface area contributed by atoms with Gasteiger partial charge < -0.3 is 10.1 Å². The molecule has 0 saturated heterocycles. The molecule has 0 saturated carbocycles. The minimum absolute atomic E-state index is 0.116. The Morgan fingerprint density at radius 2 is 1.95 bits per heavy atom.